The highest BCUT2D eigenvalue weighted by Gasteiger charge is 2.23. The largest absolute Gasteiger partial charge is 0.367 e. The Hall–Kier alpha value is -2.28. The van der Waals surface area contributed by atoms with E-state index in [1.165, 1.54) is 36.9 Å². The molecule has 0 saturated carbocycles. The van der Waals surface area contributed by atoms with E-state index in [-0.39, 0.29) is 5.56 Å². The topological polar surface area (TPSA) is 75.9 Å². The van der Waals surface area contributed by atoms with Crippen molar-refractivity contribution in [3.8, 4) is 0 Å². The van der Waals surface area contributed by atoms with Crippen molar-refractivity contribution in [2.24, 2.45) is 0 Å². The first-order valence-corrected chi connectivity index (χ1v) is 11.2. The molecule has 29 heavy (non-hydrogen) atoms. The van der Waals surface area contributed by atoms with Crippen LogP contribution in [-0.2, 0) is 32.2 Å². The van der Waals surface area contributed by atoms with Crippen LogP contribution < -0.4 is 10.9 Å². The van der Waals surface area contributed by atoms with Crippen LogP contribution in [0.5, 0.6) is 0 Å². The van der Waals surface area contributed by atoms with Crippen LogP contribution in [0.1, 0.15) is 54.6 Å². The van der Waals surface area contributed by atoms with E-state index in [1.807, 2.05) is 0 Å². The lowest BCUT2D eigenvalue weighted by atomic mass is 10.0. The maximum Gasteiger partial charge on any atom is 0.267 e. The summed E-state index contributed by atoms with van der Waals surface area (Å²) in [6.07, 6.45) is 10.2. The van der Waals surface area contributed by atoms with Gasteiger partial charge in [-0.25, -0.2) is 4.68 Å². The normalized spacial score (nSPS) is 21.2. The SMILES string of the molecule is O=c1cc2c(nn1CCN1CCCCC1CNc1cc3c(nn1)CCC3)CCC2. The Labute approximate surface area is 171 Å². The van der Waals surface area contributed by atoms with Gasteiger partial charge in [0.05, 0.1) is 17.9 Å². The van der Waals surface area contributed by atoms with Crippen molar-refractivity contribution in [1.29, 1.82) is 0 Å². The third-order valence-corrected chi connectivity index (χ3v) is 6.71. The molecule has 3 heterocycles. The van der Waals surface area contributed by atoms with E-state index in [0.29, 0.717) is 12.6 Å². The summed E-state index contributed by atoms with van der Waals surface area (Å²) in [7, 11) is 0. The number of nitrogens with one attached hydrogen (secondary N) is 1. The number of hydrogen-bond acceptors (Lipinski definition) is 6. The molecule has 154 valence electrons. The van der Waals surface area contributed by atoms with Crippen LogP contribution in [0.15, 0.2) is 16.9 Å². The molecule has 1 unspecified atom stereocenters. The molecule has 5 rings (SSSR count). The van der Waals surface area contributed by atoms with E-state index >= 15 is 0 Å². The minimum Gasteiger partial charge on any atom is -0.367 e. The molecule has 2 aliphatic carbocycles. The van der Waals surface area contributed by atoms with Crippen LogP contribution in [0.2, 0.25) is 0 Å². The number of nitrogens with zero attached hydrogens (tertiary/aromatic N) is 5. The van der Waals surface area contributed by atoms with Crippen LogP contribution in [0.25, 0.3) is 0 Å². The van der Waals surface area contributed by atoms with Gasteiger partial charge in [0.25, 0.3) is 5.56 Å². The summed E-state index contributed by atoms with van der Waals surface area (Å²) in [5.74, 6) is 0.896. The minimum absolute atomic E-state index is 0.0470. The Balaban J connectivity index is 1.21. The summed E-state index contributed by atoms with van der Waals surface area (Å²) in [6.45, 7) is 3.50. The quantitative estimate of drug-likeness (QED) is 0.807. The highest BCUT2D eigenvalue weighted by atomic mass is 16.1. The zero-order valence-electron chi connectivity index (χ0n) is 17.1. The highest BCUT2D eigenvalue weighted by Crippen LogP contribution is 2.22. The van der Waals surface area contributed by atoms with Gasteiger partial charge in [0.15, 0.2) is 0 Å². The molecule has 0 radical (unpaired) electrons. The summed E-state index contributed by atoms with van der Waals surface area (Å²) < 4.78 is 1.68. The standard InChI is InChI=1S/C22H30N6O/c29-22-14-17-6-4-9-20(17)26-28(22)12-11-27-10-2-1-7-18(27)15-23-21-13-16-5-3-8-19(16)24-25-21/h13-14,18H,1-12,15H2,(H,23,25). The summed E-state index contributed by atoms with van der Waals surface area (Å²) in [5, 5.41) is 16.9. The van der Waals surface area contributed by atoms with Gasteiger partial charge in [0, 0.05) is 25.2 Å². The number of likely N-dealkylation sites (tertiary alicyclic amines) is 1. The molecule has 7 nitrogen and oxygen atoms in total. The van der Waals surface area contributed by atoms with Crippen molar-refractivity contribution < 1.29 is 0 Å². The first kappa shape index (κ1) is 18.7. The number of piperidine rings is 1. The van der Waals surface area contributed by atoms with Crippen LogP contribution in [0.4, 0.5) is 5.82 Å². The van der Waals surface area contributed by atoms with Crippen LogP contribution in [-0.4, -0.2) is 50.6 Å². The van der Waals surface area contributed by atoms with E-state index in [0.717, 1.165) is 68.8 Å². The van der Waals surface area contributed by atoms with Crippen molar-refractivity contribution in [3.05, 3.63) is 45.0 Å². The molecule has 2 aromatic rings. The van der Waals surface area contributed by atoms with E-state index in [2.05, 4.69) is 31.6 Å². The predicted molar refractivity (Wildman–Crippen MR) is 112 cm³/mol. The van der Waals surface area contributed by atoms with Crippen LogP contribution in [0.3, 0.4) is 0 Å². The Morgan fingerprint density at radius 1 is 0.931 bits per heavy atom. The van der Waals surface area contributed by atoms with Crippen LogP contribution >= 0.6 is 0 Å². The van der Waals surface area contributed by atoms with E-state index in [9.17, 15) is 4.79 Å². The molecule has 3 aliphatic rings. The van der Waals surface area contributed by atoms with Gasteiger partial charge in [0.1, 0.15) is 5.82 Å². The molecule has 0 aromatic carbocycles. The summed E-state index contributed by atoms with van der Waals surface area (Å²) in [6, 6.07) is 4.44. The van der Waals surface area contributed by atoms with E-state index in [1.54, 1.807) is 10.7 Å². The Kier molecular flexibility index (Phi) is 5.31. The van der Waals surface area contributed by atoms with Gasteiger partial charge in [-0.3, -0.25) is 9.69 Å². The average Bonchev–Trinajstić information content (AvgIpc) is 3.39. The first-order chi connectivity index (χ1) is 14.3. The van der Waals surface area contributed by atoms with Crippen LogP contribution in [0, 0.1) is 0 Å². The third kappa shape index (κ3) is 4.06. The van der Waals surface area contributed by atoms with Gasteiger partial charge in [-0.15, -0.1) is 5.10 Å². The molecule has 0 spiro atoms. The van der Waals surface area contributed by atoms with Gasteiger partial charge >= 0.3 is 0 Å². The second-order valence-corrected chi connectivity index (χ2v) is 8.65. The predicted octanol–water partition coefficient (Wildman–Crippen LogP) is 1.98. The van der Waals surface area contributed by atoms with Gasteiger partial charge < -0.3 is 5.32 Å². The Morgan fingerprint density at radius 3 is 2.66 bits per heavy atom. The fourth-order valence-electron chi connectivity index (χ4n) is 5.05. The van der Waals surface area contributed by atoms with E-state index in [4.69, 9.17) is 0 Å². The number of hydrogen-bond donors (Lipinski definition) is 1. The van der Waals surface area contributed by atoms with Crippen molar-refractivity contribution in [3.63, 3.8) is 0 Å². The molecular weight excluding hydrogens is 364 g/mol. The van der Waals surface area contributed by atoms with Crippen molar-refractivity contribution in [1.82, 2.24) is 24.9 Å². The van der Waals surface area contributed by atoms with Crippen molar-refractivity contribution in [2.45, 2.75) is 70.4 Å². The Bertz CT molecular complexity index is 939. The molecule has 7 heteroatoms. The lowest BCUT2D eigenvalue weighted by molar-refractivity contribution is 0.148. The maximum absolute atomic E-state index is 12.4. The zero-order chi connectivity index (χ0) is 19.6. The number of rotatable bonds is 6. The molecule has 0 amide bonds. The maximum atomic E-state index is 12.4. The summed E-state index contributed by atoms with van der Waals surface area (Å²) in [4.78, 5) is 14.9. The average molecular weight is 395 g/mol. The number of anilines is 1. The molecule has 1 aliphatic heterocycles. The van der Waals surface area contributed by atoms with Gasteiger partial charge in [0.2, 0.25) is 0 Å². The summed E-state index contributed by atoms with van der Waals surface area (Å²) in [5.41, 5.74) is 4.84. The lowest BCUT2D eigenvalue weighted by Gasteiger charge is -2.35. The first-order valence-electron chi connectivity index (χ1n) is 11.2. The minimum atomic E-state index is 0.0470. The molecular formula is C22H30N6O. The van der Waals surface area contributed by atoms with Gasteiger partial charge in [-0.05, 0) is 75.1 Å². The number of aryl methyl sites for hydroxylation is 4. The number of aromatic nitrogens is 4. The number of fused-ring (bicyclic) bond motifs is 2. The molecule has 0 bridgehead atoms. The molecule has 1 saturated heterocycles. The monoisotopic (exact) mass is 394 g/mol. The second kappa shape index (κ2) is 8.22. The molecule has 2 aromatic heterocycles. The molecule has 1 N–H and O–H groups in total. The smallest absolute Gasteiger partial charge is 0.267 e. The second-order valence-electron chi connectivity index (χ2n) is 8.65. The zero-order valence-corrected chi connectivity index (χ0v) is 17.1. The van der Waals surface area contributed by atoms with Crippen molar-refractivity contribution in [2.75, 3.05) is 25.0 Å². The molecule has 1 fully saturated rings. The highest BCUT2D eigenvalue weighted by molar-refractivity contribution is 5.40. The molecule has 1 atom stereocenters. The van der Waals surface area contributed by atoms with Gasteiger partial charge in [-0.2, -0.15) is 10.2 Å². The Morgan fingerprint density at radius 2 is 1.76 bits per heavy atom. The fraction of sp³-hybridized carbons (Fsp3) is 0.636. The third-order valence-electron chi connectivity index (χ3n) is 6.71. The van der Waals surface area contributed by atoms with E-state index < -0.39 is 0 Å². The fourth-order valence-corrected chi connectivity index (χ4v) is 5.05. The summed E-state index contributed by atoms with van der Waals surface area (Å²) >= 11 is 0. The van der Waals surface area contributed by atoms with Crippen molar-refractivity contribution >= 4 is 5.82 Å². The lowest BCUT2D eigenvalue weighted by Crippen LogP contribution is -2.45. The van der Waals surface area contributed by atoms with Gasteiger partial charge in [-0.1, -0.05) is 6.42 Å².